The Kier molecular flexibility index (Phi) is 7.86. The van der Waals surface area contributed by atoms with Crippen molar-refractivity contribution >= 4 is 17.3 Å². The van der Waals surface area contributed by atoms with Crippen molar-refractivity contribution < 1.29 is 0 Å². The summed E-state index contributed by atoms with van der Waals surface area (Å²) in [7, 11) is 0. The van der Waals surface area contributed by atoms with E-state index in [1.54, 1.807) is 0 Å². The highest BCUT2D eigenvalue weighted by Crippen LogP contribution is 2.02. The predicted octanol–water partition coefficient (Wildman–Crippen LogP) is 2.83. The molecule has 1 atom stereocenters. The fraction of sp³-hybridized carbons (Fsp3) is 0.909. The maximum absolute atomic E-state index is 5.16. The number of rotatable bonds is 6. The van der Waals surface area contributed by atoms with Crippen LogP contribution in [0.2, 0.25) is 0 Å². The van der Waals surface area contributed by atoms with E-state index in [1.165, 1.54) is 25.7 Å². The number of hydrogen-bond donors (Lipinski definition) is 2. The van der Waals surface area contributed by atoms with Crippen molar-refractivity contribution in [1.82, 2.24) is 10.6 Å². The Morgan fingerprint density at radius 1 is 1.14 bits per heavy atom. The van der Waals surface area contributed by atoms with Crippen LogP contribution in [0.3, 0.4) is 0 Å². The van der Waals surface area contributed by atoms with Crippen LogP contribution in [0.15, 0.2) is 0 Å². The van der Waals surface area contributed by atoms with Gasteiger partial charge in [-0.05, 0) is 39.4 Å². The quantitative estimate of drug-likeness (QED) is 0.527. The predicted molar refractivity (Wildman–Crippen MR) is 67.6 cm³/mol. The second-order valence-electron chi connectivity index (χ2n) is 4.17. The minimum atomic E-state index is 0.415. The lowest BCUT2D eigenvalue weighted by atomic mass is 10.1. The molecule has 0 saturated carbocycles. The summed E-state index contributed by atoms with van der Waals surface area (Å²) in [6.07, 6.45) is 5.08. The molecular formula is C11H24N2S. The van der Waals surface area contributed by atoms with E-state index in [-0.39, 0.29) is 0 Å². The number of nitrogens with one attached hydrogen (secondary N) is 2. The number of thiocarbonyl (C=S) groups is 1. The molecule has 14 heavy (non-hydrogen) atoms. The van der Waals surface area contributed by atoms with Gasteiger partial charge in [-0.3, -0.25) is 0 Å². The van der Waals surface area contributed by atoms with Crippen LogP contribution in [0.1, 0.15) is 53.4 Å². The van der Waals surface area contributed by atoms with Crippen molar-refractivity contribution in [3.63, 3.8) is 0 Å². The molecular weight excluding hydrogens is 192 g/mol. The minimum absolute atomic E-state index is 0.415. The van der Waals surface area contributed by atoms with Gasteiger partial charge in [0, 0.05) is 12.1 Å². The molecule has 0 spiro atoms. The summed E-state index contributed by atoms with van der Waals surface area (Å²) in [6, 6.07) is 0.901. The molecule has 0 fully saturated rings. The molecule has 0 aromatic heterocycles. The van der Waals surface area contributed by atoms with Gasteiger partial charge >= 0.3 is 0 Å². The molecule has 0 saturated heterocycles. The van der Waals surface area contributed by atoms with Gasteiger partial charge in [-0.15, -0.1) is 0 Å². The van der Waals surface area contributed by atoms with E-state index in [2.05, 4.69) is 38.3 Å². The third kappa shape index (κ3) is 8.30. The summed E-state index contributed by atoms with van der Waals surface area (Å²) in [5, 5.41) is 7.26. The second-order valence-corrected chi connectivity index (χ2v) is 4.58. The Morgan fingerprint density at radius 2 is 1.79 bits per heavy atom. The standard InChI is InChI=1S/C11H24N2S/c1-5-6-7-8-10(4)13-11(14)12-9(2)3/h9-10H,5-8H2,1-4H3,(H2,12,13,14). The van der Waals surface area contributed by atoms with Gasteiger partial charge in [-0.2, -0.15) is 0 Å². The van der Waals surface area contributed by atoms with Gasteiger partial charge < -0.3 is 10.6 Å². The number of hydrogen-bond acceptors (Lipinski definition) is 1. The Balaban J connectivity index is 3.50. The molecule has 3 heteroatoms. The van der Waals surface area contributed by atoms with Crippen LogP contribution < -0.4 is 10.6 Å². The lowest BCUT2D eigenvalue weighted by Crippen LogP contribution is -2.43. The summed E-state index contributed by atoms with van der Waals surface area (Å²) in [4.78, 5) is 0. The molecule has 1 unspecified atom stereocenters. The molecule has 0 bridgehead atoms. The molecule has 0 aliphatic carbocycles. The molecule has 0 heterocycles. The van der Waals surface area contributed by atoms with Crippen LogP contribution in [0.25, 0.3) is 0 Å². The van der Waals surface area contributed by atoms with Crippen LogP contribution in [0.4, 0.5) is 0 Å². The van der Waals surface area contributed by atoms with E-state index < -0.39 is 0 Å². The molecule has 0 aliphatic heterocycles. The highest BCUT2D eigenvalue weighted by Gasteiger charge is 2.03. The Labute approximate surface area is 93.8 Å². The van der Waals surface area contributed by atoms with E-state index >= 15 is 0 Å². The third-order valence-electron chi connectivity index (χ3n) is 2.04. The zero-order valence-corrected chi connectivity index (χ0v) is 10.7. The first kappa shape index (κ1) is 13.7. The van der Waals surface area contributed by atoms with E-state index in [4.69, 9.17) is 12.2 Å². The maximum Gasteiger partial charge on any atom is 0.166 e. The van der Waals surface area contributed by atoms with Gasteiger partial charge in [0.2, 0.25) is 0 Å². The molecule has 0 rings (SSSR count). The van der Waals surface area contributed by atoms with Crippen molar-refractivity contribution in [3.05, 3.63) is 0 Å². The summed E-state index contributed by atoms with van der Waals surface area (Å²) >= 11 is 5.16. The highest BCUT2D eigenvalue weighted by molar-refractivity contribution is 7.80. The summed E-state index contributed by atoms with van der Waals surface area (Å²) in [5.41, 5.74) is 0. The molecule has 2 nitrogen and oxygen atoms in total. The maximum atomic E-state index is 5.16. The minimum Gasteiger partial charge on any atom is -0.361 e. The van der Waals surface area contributed by atoms with Crippen LogP contribution in [-0.2, 0) is 0 Å². The van der Waals surface area contributed by atoms with Crippen molar-refractivity contribution in [2.75, 3.05) is 0 Å². The zero-order chi connectivity index (χ0) is 11.0. The Bertz CT molecular complexity index is 157. The monoisotopic (exact) mass is 216 g/mol. The molecule has 0 aromatic rings. The van der Waals surface area contributed by atoms with Gasteiger partial charge in [0.1, 0.15) is 0 Å². The van der Waals surface area contributed by atoms with E-state index in [9.17, 15) is 0 Å². The van der Waals surface area contributed by atoms with Gasteiger partial charge in [0.15, 0.2) is 5.11 Å². The molecule has 0 aromatic carbocycles. The van der Waals surface area contributed by atoms with Crippen molar-refractivity contribution in [1.29, 1.82) is 0 Å². The van der Waals surface area contributed by atoms with Crippen LogP contribution in [0, 0.1) is 0 Å². The smallest absolute Gasteiger partial charge is 0.166 e. The van der Waals surface area contributed by atoms with Crippen molar-refractivity contribution in [2.45, 2.75) is 65.5 Å². The van der Waals surface area contributed by atoms with Gasteiger partial charge in [0.05, 0.1) is 0 Å². The number of unbranched alkanes of at least 4 members (excludes halogenated alkanes) is 2. The summed E-state index contributed by atoms with van der Waals surface area (Å²) < 4.78 is 0. The largest absolute Gasteiger partial charge is 0.361 e. The summed E-state index contributed by atoms with van der Waals surface area (Å²) in [6.45, 7) is 8.60. The fourth-order valence-electron chi connectivity index (χ4n) is 1.30. The van der Waals surface area contributed by atoms with Gasteiger partial charge in [-0.1, -0.05) is 26.2 Å². The molecule has 0 radical (unpaired) electrons. The average molecular weight is 216 g/mol. The van der Waals surface area contributed by atoms with Crippen LogP contribution in [-0.4, -0.2) is 17.2 Å². The first-order valence-corrected chi connectivity index (χ1v) is 6.04. The SMILES string of the molecule is CCCCCC(C)NC(=S)NC(C)C. The lowest BCUT2D eigenvalue weighted by molar-refractivity contribution is 0.547. The normalized spacial score (nSPS) is 12.6. The third-order valence-corrected chi connectivity index (χ3v) is 2.27. The highest BCUT2D eigenvalue weighted by atomic mass is 32.1. The zero-order valence-electron chi connectivity index (χ0n) is 9.89. The van der Waals surface area contributed by atoms with Crippen LogP contribution >= 0.6 is 12.2 Å². The molecule has 0 aliphatic rings. The Hall–Kier alpha value is -0.310. The lowest BCUT2D eigenvalue weighted by Gasteiger charge is -2.18. The first-order chi connectivity index (χ1) is 6.56. The topological polar surface area (TPSA) is 24.1 Å². The first-order valence-electron chi connectivity index (χ1n) is 5.63. The summed E-state index contributed by atoms with van der Waals surface area (Å²) in [5.74, 6) is 0. The molecule has 84 valence electrons. The Morgan fingerprint density at radius 3 is 2.29 bits per heavy atom. The van der Waals surface area contributed by atoms with E-state index in [0.29, 0.717) is 12.1 Å². The van der Waals surface area contributed by atoms with Crippen molar-refractivity contribution in [2.24, 2.45) is 0 Å². The molecule has 0 amide bonds. The fourth-order valence-corrected chi connectivity index (χ4v) is 1.74. The van der Waals surface area contributed by atoms with Crippen molar-refractivity contribution in [3.8, 4) is 0 Å². The average Bonchev–Trinajstić information content (AvgIpc) is 2.02. The van der Waals surface area contributed by atoms with E-state index in [0.717, 1.165) is 5.11 Å². The van der Waals surface area contributed by atoms with Gasteiger partial charge in [-0.25, -0.2) is 0 Å². The van der Waals surface area contributed by atoms with Crippen LogP contribution in [0.5, 0.6) is 0 Å². The molecule has 2 N–H and O–H groups in total. The van der Waals surface area contributed by atoms with Gasteiger partial charge in [0.25, 0.3) is 0 Å². The second kappa shape index (κ2) is 8.04. The van der Waals surface area contributed by atoms with E-state index in [1.807, 2.05) is 0 Å².